The number of nitro benzene ring substituents is 1. The van der Waals surface area contributed by atoms with Crippen LogP contribution in [0.1, 0.15) is 12.5 Å². The largest absolute Gasteiger partial charge is 0.493 e. The number of sulfonamides is 1. The first-order valence-electron chi connectivity index (χ1n) is 9.28. The Morgan fingerprint density at radius 3 is 2.48 bits per heavy atom. The number of nitrogens with zero attached hydrogens (tertiary/aromatic N) is 2. The zero-order valence-electron chi connectivity index (χ0n) is 16.6. The number of benzene rings is 3. The first kappa shape index (κ1) is 21.8. The van der Waals surface area contributed by atoms with E-state index in [2.05, 4.69) is 15.2 Å². The lowest BCUT2D eigenvalue weighted by Crippen LogP contribution is -2.13. The third-order valence-corrected chi connectivity index (χ3v) is 5.49. The van der Waals surface area contributed by atoms with Gasteiger partial charge in [0.25, 0.3) is 15.7 Å². The van der Waals surface area contributed by atoms with Gasteiger partial charge in [-0.1, -0.05) is 30.3 Å². The molecule has 2 N–H and O–H groups in total. The molecular formula is C21H20N4O5S. The monoisotopic (exact) mass is 440 g/mol. The average molecular weight is 440 g/mol. The van der Waals surface area contributed by atoms with Crippen LogP contribution in [0.25, 0.3) is 0 Å². The molecule has 0 spiro atoms. The first-order valence-corrected chi connectivity index (χ1v) is 10.8. The fourth-order valence-corrected chi connectivity index (χ4v) is 3.77. The van der Waals surface area contributed by atoms with Crippen molar-refractivity contribution in [3.05, 3.63) is 88.5 Å². The number of hydrazone groups is 1. The molecule has 0 amide bonds. The lowest BCUT2D eigenvalue weighted by atomic mass is 10.2. The van der Waals surface area contributed by atoms with Crippen LogP contribution in [0.15, 0.2) is 82.8 Å². The second-order valence-electron chi connectivity index (χ2n) is 6.25. The molecule has 0 aromatic heterocycles. The molecule has 0 atom stereocenters. The molecule has 0 radical (unpaired) electrons. The van der Waals surface area contributed by atoms with Crippen LogP contribution >= 0.6 is 0 Å². The van der Waals surface area contributed by atoms with E-state index in [0.717, 1.165) is 6.07 Å². The minimum atomic E-state index is -4.00. The van der Waals surface area contributed by atoms with E-state index < -0.39 is 20.6 Å². The summed E-state index contributed by atoms with van der Waals surface area (Å²) in [5.41, 5.74) is 3.26. The Hall–Kier alpha value is -3.92. The molecule has 0 unspecified atom stereocenters. The molecular weight excluding hydrogens is 420 g/mol. The van der Waals surface area contributed by atoms with Gasteiger partial charge in [-0.2, -0.15) is 5.10 Å². The standard InChI is InChI=1S/C21H20N4O5S/c1-2-30-21-11-7-6-8-16(21)15-22-23-19-13-12-18(14-20(19)25(26)27)31(28,29)24-17-9-4-3-5-10-17/h3-15,23-24H,2H2,1H3/b22-15+. The van der Waals surface area contributed by atoms with E-state index in [-0.39, 0.29) is 10.6 Å². The summed E-state index contributed by atoms with van der Waals surface area (Å²) in [5, 5.41) is 15.5. The third kappa shape index (κ3) is 5.58. The van der Waals surface area contributed by atoms with Crippen molar-refractivity contribution in [3.63, 3.8) is 0 Å². The molecule has 9 nitrogen and oxygen atoms in total. The van der Waals surface area contributed by atoms with E-state index in [1.165, 1.54) is 18.3 Å². The van der Waals surface area contributed by atoms with Crippen LogP contribution in [0.4, 0.5) is 17.1 Å². The van der Waals surface area contributed by atoms with Gasteiger partial charge in [0.2, 0.25) is 0 Å². The minimum absolute atomic E-state index is 0.0498. The van der Waals surface area contributed by atoms with E-state index in [0.29, 0.717) is 23.6 Å². The summed E-state index contributed by atoms with van der Waals surface area (Å²) in [6.45, 7) is 2.34. The van der Waals surface area contributed by atoms with Crippen LogP contribution < -0.4 is 14.9 Å². The molecule has 0 saturated heterocycles. The average Bonchev–Trinajstić information content (AvgIpc) is 2.75. The van der Waals surface area contributed by atoms with Crippen molar-refractivity contribution in [2.24, 2.45) is 5.10 Å². The summed E-state index contributed by atoms with van der Waals surface area (Å²) >= 11 is 0. The maximum atomic E-state index is 12.6. The van der Waals surface area contributed by atoms with Gasteiger partial charge in [-0.05, 0) is 43.3 Å². The van der Waals surface area contributed by atoms with Gasteiger partial charge in [0, 0.05) is 17.3 Å². The van der Waals surface area contributed by atoms with Gasteiger partial charge in [-0.3, -0.25) is 20.3 Å². The zero-order valence-corrected chi connectivity index (χ0v) is 17.4. The molecule has 0 aliphatic rings. The molecule has 10 heteroatoms. The third-order valence-electron chi connectivity index (χ3n) is 4.11. The van der Waals surface area contributed by atoms with E-state index in [4.69, 9.17) is 4.74 Å². The zero-order chi connectivity index (χ0) is 22.3. The van der Waals surface area contributed by atoms with Gasteiger partial charge in [0.1, 0.15) is 11.4 Å². The Morgan fingerprint density at radius 2 is 1.77 bits per heavy atom. The van der Waals surface area contributed by atoms with Crippen molar-refractivity contribution in [1.29, 1.82) is 0 Å². The number of nitro groups is 1. The van der Waals surface area contributed by atoms with Gasteiger partial charge in [-0.15, -0.1) is 0 Å². The van der Waals surface area contributed by atoms with Crippen molar-refractivity contribution in [2.45, 2.75) is 11.8 Å². The lowest BCUT2D eigenvalue weighted by molar-refractivity contribution is -0.384. The molecule has 3 aromatic carbocycles. The number of para-hydroxylation sites is 2. The Bertz CT molecular complexity index is 1200. The first-order chi connectivity index (χ1) is 14.9. The van der Waals surface area contributed by atoms with E-state index in [9.17, 15) is 18.5 Å². The number of ether oxygens (including phenoxy) is 1. The van der Waals surface area contributed by atoms with Crippen LogP contribution in [-0.4, -0.2) is 26.2 Å². The van der Waals surface area contributed by atoms with Crippen molar-refractivity contribution in [3.8, 4) is 5.75 Å². The summed E-state index contributed by atoms with van der Waals surface area (Å²) in [4.78, 5) is 10.6. The highest BCUT2D eigenvalue weighted by atomic mass is 32.2. The van der Waals surface area contributed by atoms with Crippen LogP contribution in [-0.2, 0) is 10.0 Å². The highest BCUT2D eigenvalue weighted by Gasteiger charge is 2.21. The van der Waals surface area contributed by atoms with Gasteiger partial charge in [-0.25, -0.2) is 8.42 Å². The Morgan fingerprint density at radius 1 is 1.06 bits per heavy atom. The highest BCUT2D eigenvalue weighted by molar-refractivity contribution is 7.92. The van der Waals surface area contributed by atoms with Crippen LogP contribution in [0.2, 0.25) is 0 Å². The fraction of sp³-hybridized carbons (Fsp3) is 0.0952. The Labute approximate surface area is 179 Å². The molecule has 0 aliphatic carbocycles. The quantitative estimate of drug-likeness (QED) is 0.291. The van der Waals surface area contributed by atoms with Gasteiger partial charge in [0.05, 0.1) is 22.6 Å². The molecule has 3 aromatic rings. The topological polar surface area (TPSA) is 123 Å². The normalized spacial score (nSPS) is 11.3. The molecule has 0 saturated carbocycles. The van der Waals surface area contributed by atoms with E-state index in [1.54, 1.807) is 42.5 Å². The van der Waals surface area contributed by atoms with Crippen molar-refractivity contribution in [2.75, 3.05) is 16.8 Å². The van der Waals surface area contributed by atoms with Gasteiger partial charge in [0.15, 0.2) is 0 Å². The molecule has 0 heterocycles. The van der Waals surface area contributed by atoms with Crippen LogP contribution in [0, 0.1) is 10.1 Å². The van der Waals surface area contributed by atoms with E-state index in [1.807, 2.05) is 19.1 Å². The van der Waals surface area contributed by atoms with Gasteiger partial charge < -0.3 is 4.74 Å². The Balaban J connectivity index is 1.84. The van der Waals surface area contributed by atoms with Crippen LogP contribution in [0.3, 0.4) is 0 Å². The molecule has 31 heavy (non-hydrogen) atoms. The molecule has 0 aliphatic heterocycles. The van der Waals surface area contributed by atoms with Gasteiger partial charge >= 0.3 is 0 Å². The number of nitrogens with one attached hydrogen (secondary N) is 2. The SMILES string of the molecule is CCOc1ccccc1/C=N/Nc1ccc(S(=O)(=O)Nc2ccccc2)cc1[N+](=O)[O-]. The lowest BCUT2D eigenvalue weighted by Gasteiger charge is -2.09. The molecule has 0 bridgehead atoms. The summed E-state index contributed by atoms with van der Waals surface area (Å²) in [5.74, 6) is 0.624. The number of rotatable bonds is 9. The summed E-state index contributed by atoms with van der Waals surface area (Å²) in [7, 11) is -4.00. The maximum absolute atomic E-state index is 12.6. The van der Waals surface area contributed by atoms with E-state index >= 15 is 0 Å². The van der Waals surface area contributed by atoms with Crippen molar-refractivity contribution < 1.29 is 18.1 Å². The second-order valence-corrected chi connectivity index (χ2v) is 7.93. The maximum Gasteiger partial charge on any atom is 0.295 e. The van der Waals surface area contributed by atoms with Crippen LogP contribution in [0.5, 0.6) is 5.75 Å². The smallest absolute Gasteiger partial charge is 0.295 e. The summed E-state index contributed by atoms with van der Waals surface area (Å²) in [6, 6.07) is 19.0. The predicted octanol–water partition coefficient (Wildman–Crippen LogP) is 4.24. The molecule has 3 rings (SSSR count). The second kappa shape index (κ2) is 9.72. The number of anilines is 2. The Kier molecular flexibility index (Phi) is 6.83. The predicted molar refractivity (Wildman–Crippen MR) is 119 cm³/mol. The fourth-order valence-electron chi connectivity index (χ4n) is 2.69. The number of hydrogen-bond donors (Lipinski definition) is 2. The summed E-state index contributed by atoms with van der Waals surface area (Å²) < 4.78 is 33.1. The number of hydrogen-bond acceptors (Lipinski definition) is 7. The summed E-state index contributed by atoms with van der Waals surface area (Å²) in [6.07, 6.45) is 1.47. The minimum Gasteiger partial charge on any atom is -0.493 e. The van der Waals surface area contributed by atoms with Crippen molar-refractivity contribution in [1.82, 2.24) is 0 Å². The molecule has 160 valence electrons. The highest BCUT2D eigenvalue weighted by Crippen LogP contribution is 2.28. The van der Waals surface area contributed by atoms with Crippen molar-refractivity contribution >= 4 is 33.3 Å². The molecule has 0 fully saturated rings.